The Morgan fingerprint density at radius 1 is 1.15 bits per heavy atom. The van der Waals surface area contributed by atoms with Gasteiger partial charge in [-0.05, 0) is 36.8 Å². The second kappa shape index (κ2) is 9.52. The second-order valence-electron chi connectivity index (χ2n) is 7.83. The molecule has 0 radical (unpaired) electrons. The van der Waals surface area contributed by atoms with Gasteiger partial charge in [0.1, 0.15) is 9.84 Å². The quantitative estimate of drug-likeness (QED) is 0.390. The number of benzene rings is 2. The molecule has 0 spiro atoms. The van der Waals surface area contributed by atoms with E-state index in [0.29, 0.717) is 39.9 Å². The van der Waals surface area contributed by atoms with E-state index in [-0.39, 0.29) is 5.75 Å². The van der Waals surface area contributed by atoms with Crippen LogP contribution in [-0.4, -0.2) is 48.7 Å². The first-order chi connectivity index (χ1) is 16.2. The maximum atomic E-state index is 13.1. The normalized spacial score (nSPS) is 12.6. The van der Waals surface area contributed by atoms with Crippen LogP contribution in [0.3, 0.4) is 0 Å². The number of aromatic nitrogens is 3. The predicted molar refractivity (Wildman–Crippen MR) is 133 cm³/mol. The van der Waals surface area contributed by atoms with Gasteiger partial charge in [0.2, 0.25) is 0 Å². The molecule has 0 fully saturated rings. The number of fused-ring (bicyclic) bond motifs is 1. The van der Waals surface area contributed by atoms with Gasteiger partial charge >= 0.3 is 5.69 Å². The summed E-state index contributed by atoms with van der Waals surface area (Å²) in [7, 11) is -1.95. The highest BCUT2D eigenvalue weighted by molar-refractivity contribution is 7.90. The molecule has 0 saturated carbocycles. The summed E-state index contributed by atoms with van der Waals surface area (Å²) < 4.78 is 37.1. The Morgan fingerprint density at radius 3 is 2.59 bits per heavy atom. The van der Waals surface area contributed by atoms with Gasteiger partial charge in [0.25, 0.3) is 0 Å². The van der Waals surface area contributed by atoms with Gasteiger partial charge in [0, 0.05) is 28.6 Å². The van der Waals surface area contributed by atoms with E-state index in [4.69, 9.17) is 21.1 Å². The summed E-state index contributed by atoms with van der Waals surface area (Å²) in [4.78, 5) is 20.4. The van der Waals surface area contributed by atoms with E-state index < -0.39 is 21.6 Å². The molecule has 0 unspecified atom stereocenters. The Bertz CT molecular complexity index is 1510. The van der Waals surface area contributed by atoms with Crippen LogP contribution in [0.1, 0.15) is 18.5 Å². The molecule has 1 atom stereocenters. The van der Waals surface area contributed by atoms with E-state index in [1.807, 2.05) is 25.1 Å². The first kappa shape index (κ1) is 23.8. The molecule has 2 aromatic heterocycles. The van der Waals surface area contributed by atoms with E-state index in [9.17, 15) is 13.2 Å². The van der Waals surface area contributed by atoms with Crippen molar-refractivity contribution in [2.45, 2.75) is 13.0 Å². The largest absolute Gasteiger partial charge is 0.493 e. The topological polar surface area (TPSA) is 103 Å². The lowest BCUT2D eigenvalue weighted by Crippen LogP contribution is -2.28. The van der Waals surface area contributed by atoms with Gasteiger partial charge < -0.3 is 14.5 Å². The number of methoxy groups -OCH3 is 1. The number of hydrogen-bond donors (Lipinski definition) is 1. The highest BCUT2D eigenvalue weighted by atomic mass is 35.5. The highest BCUT2D eigenvalue weighted by Crippen LogP contribution is 2.33. The van der Waals surface area contributed by atoms with Crippen LogP contribution in [0.5, 0.6) is 11.5 Å². The van der Waals surface area contributed by atoms with Crippen LogP contribution in [0.15, 0.2) is 59.5 Å². The third-order valence-corrected chi connectivity index (χ3v) is 6.64. The Labute approximate surface area is 202 Å². The van der Waals surface area contributed by atoms with Gasteiger partial charge in [-0.1, -0.05) is 35.9 Å². The highest BCUT2D eigenvalue weighted by Gasteiger charge is 2.25. The first-order valence-electron chi connectivity index (χ1n) is 10.6. The maximum absolute atomic E-state index is 13.1. The average Bonchev–Trinajstić information content (AvgIpc) is 3.12. The number of ether oxygens (including phenoxy) is 2. The smallest absolute Gasteiger partial charge is 0.328 e. The van der Waals surface area contributed by atoms with Crippen molar-refractivity contribution in [3.63, 3.8) is 0 Å². The van der Waals surface area contributed by atoms with Crippen LogP contribution < -0.4 is 15.2 Å². The Balaban J connectivity index is 1.89. The zero-order valence-electron chi connectivity index (χ0n) is 18.9. The number of aromatic amines is 1. The standard InChI is InChI=1S/C24H24ClN3O5S/c1-4-33-22-12-15(9-10-21(22)32-2)20(14-34(3,30)31)28-23-19(27-24(28)29)11-16(13-26-23)17-7-5-6-8-18(17)25/h5-13,20H,4,14H2,1-3H3,(H,27,29)/t20-/m1/s1. The minimum atomic E-state index is -3.47. The van der Waals surface area contributed by atoms with E-state index in [0.717, 1.165) is 17.4 Å². The first-order valence-corrected chi connectivity index (χ1v) is 13.0. The van der Waals surface area contributed by atoms with Crippen molar-refractivity contribution in [3.8, 4) is 22.6 Å². The molecule has 0 aliphatic heterocycles. The third kappa shape index (κ3) is 4.80. The maximum Gasteiger partial charge on any atom is 0.328 e. The van der Waals surface area contributed by atoms with Crippen LogP contribution in [0.25, 0.3) is 22.3 Å². The summed E-state index contributed by atoms with van der Waals surface area (Å²) in [5.41, 5.74) is 2.42. The lowest BCUT2D eigenvalue weighted by Gasteiger charge is -2.20. The number of sulfone groups is 1. The summed E-state index contributed by atoms with van der Waals surface area (Å²) in [6, 6.07) is 13.4. The molecule has 0 saturated heterocycles. The molecule has 2 heterocycles. The number of pyridine rings is 1. The summed E-state index contributed by atoms with van der Waals surface area (Å²) >= 11 is 6.32. The van der Waals surface area contributed by atoms with Crippen molar-refractivity contribution in [2.75, 3.05) is 25.7 Å². The molecule has 0 amide bonds. The fraction of sp³-hybridized carbons (Fsp3) is 0.250. The molecule has 1 N–H and O–H groups in total. The van der Waals surface area contributed by atoms with Crippen molar-refractivity contribution in [3.05, 3.63) is 75.8 Å². The molecule has 0 aliphatic carbocycles. The fourth-order valence-corrected chi connectivity index (χ4v) is 5.08. The summed E-state index contributed by atoms with van der Waals surface area (Å²) in [5, 5.41) is 0.557. The molecule has 2 aromatic carbocycles. The number of nitrogens with one attached hydrogen (secondary N) is 1. The van der Waals surface area contributed by atoms with E-state index in [2.05, 4.69) is 9.97 Å². The molecule has 4 rings (SSSR count). The van der Waals surface area contributed by atoms with Crippen LogP contribution >= 0.6 is 11.6 Å². The minimum absolute atomic E-state index is 0.300. The molecular weight excluding hydrogens is 478 g/mol. The zero-order chi connectivity index (χ0) is 24.5. The summed E-state index contributed by atoms with van der Waals surface area (Å²) in [6.07, 6.45) is 2.75. The summed E-state index contributed by atoms with van der Waals surface area (Å²) in [5.74, 6) is 0.673. The van der Waals surface area contributed by atoms with Gasteiger partial charge in [0.15, 0.2) is 17.1 Å². The molecule has 8 nitrogen and oxygen atoms in total. The van der Waals surface area contributed by atoms with E-state index in [1.54, 1.807) is 36.5 Å². The fourth-order valence-electron chi connectivity index (χ4n) is 3.92. The SMILES string of the molecule is CCOc1cc([C@@H](CS(C)(=O)=O)n2c(=O)[nH]c3cc(-c4ccccc4Cl)cnc32)ccc1OC. The number of hydrogen-bond acceptors (Lipinski definition) is 6. The monoisotopic (exact) mass is 501 g/mol. The van der Waals surface area contributed by atoms with Crippen molar-refractivity contribution in [1.29, 1.82) is 0 Å². The van der Waals surface area contributed by atoms with Gasteiger partial charge in [-0.2, -0.15) is 0 Å². The number of halogens is 1. The lowest BCUT2D eigenvalue weighted by molar-refractivity contribution is 0.310. The number of imidazole rings is 1. The average molecular weight is 502 g/mol. The van der Waals surface area contributed by atoms with Crippen LogP contribution in [-0.2, 0) is 9.84 Å². The number of rotatable bonds is 8. The number of nitrogens with zero attached hydrogens (tertiary/aromatic N) is 2. The predicted octanol–water partition coefficient (Wildman–Crippen LogP) is 4.09. The van der Waals surface area contributed by atoms with Crippen LogP contribution in [0, 0.1) is 0 Å². The third-order valence-electron chi connectivity index (χ3n) is 5.38. The van der Waals surface area contributed by atoms with E-state index in [1.165, 1.54) is 11.7 Å². The molecule has 10 heteroatoms. The zero-order valence-corrected chi connectivity index (χ0v) is 20.5. The Morgan fingerprint density at radius 2 is 1.91 bits per heavy atom. The van der Waals surface area contributed by atoms with Crippen LogP contribution in [0.2, 0.25) is 5.02 Å². The van der Waals surface area contributed by atoms with Crippen molar-refractivity contribution >= 4 is 32.6 Å². The van der Waals surface area contributed by atoms with Crippen molar-refractivity contribution < 1.29 is 17.9 Å². The van der Waals surface area contributed by atoms with Gasteiger partial charge in [-0.15, -0.1) is 0 Å². The van der Waals surface area contributed by atoms with Crippen molar-refractivity contribution in [1.82, 2.24) is 14.5 Å². The molecule has 0 bridgehead atoms. The molecule has 0 aliphatic rings. The van der Waals surface area contributed by atoms with Gasteiger partial charge in [0.05, 0.1) is 31.0 Å². The Kier molecular flexibility index (Phi) is 6.67. The van der Waals surface area contributed by atoms with E-state index >= 15 is 0 Å². The second-order valence-corrected chi connectivity index (χ2v) is 10.4. The molecule has 4 aromatic rings. The molecule has 178 valence electrons. The number of H-pyrrole nitrogens is 1. The molecule has 34 heavy (non-hydrogen) atoms. The minimum Gasteiger partial charge on any atom is -0.493 e. The van der Waals surface area contributed by atoms with Gasteiger partial charge in [-0.25, -0.2) is 18.2 Å². The molecular formula is C24H24ClN3O5S. The Hall–Kier alpha value is -3.30. The lowest BCUT2D eigenvalue weighted by atomic mass is 10.1. The van der Waals surface area contributed by atoms with Gasteiger partial charge in [-0.3, -0.25) is 4.57 Å². The van der Waals surface area contributed by atoms with Crippen molar-refractivity contribution in [2.24, 2.45) is 0 Å². The summed E-state index contributed by atoms with van der Waals surface area (Å²) in [6.45, 7) is 2.24. The van der Waals surface area contributed by atoms with Crippen LogP contribution in [0.4, 0.5) is 0 Å².